The second kappa shape index (κ2) is 12.5. The molecule has 0 saturated carbocycles. The van der Waals surface area contributed by atoms with Crippen LogP contribution in [0.25, 0.3) is 0 Å². The summed E-state index contributed by atoms with van der Waals surface area (Å²) in [4.78, 5) is 28.5. The van der Waals surface area contributed by atoms with Crippen LogP contribution in [-0.2, 0) is 26.2 Å². The quantitative estimate of drug-likeness (QED) is 0.374. The highest BCUT2D eigenvalue weighted by Gasteiger charge is 2.33. The zero-order chi connectivity index (χ0) is 28.8. The Morgan fingerprint density at radius 2 is 1.64 bits per heavy atom. The van der Waals surface area contributed by atoms with Crippen molar-refractivity contribution in [3.63, 3.8) is 0 Å². The number of rotatable bonds is 10. The van der Waals surface area contributed by atoms with Crippen molar-refractivity contribution in [2.45, 2.75) is 50.7 Å². The third-order valence-corrected chi connectivity index (χ3v) is 7.88. The zero-order valence-corrected chi connectivity index (χ0v) is 24.3. The average Bonchev–Trinajstić information content (AvgIpc) is 2.89. The van der Waals surface area contributed by atoms with Gasteiger partial charge in [-0.15, -0.1) is 0 Å². The van der Waals surface area contributed by atoms with Crippen molar-refractivity contribution in [2.24, 2.45) is 0 Å². The van der Waals surface area contributed by atoms with E-state index < -0.39 is 34.1 Å². The molecule has 1 N–H and O–H groups in total. The maximum absolute atomic E-state index is 13.9. The lowest BCUT2D eigenvalue weighted by molar-refractivity contribution is -0.140. The Morgan fingerprint density at radius 1 is 0.974 bits per heavy atom. The summed E-state index contributed by atoms with van der Waals surface area (Å²) in [6, 6.07) is 20.4. The number of amides is 2. The van der Waals surface area contributed by atoms with E-state index in [4.69, 9.17) is 16.3 Å². The number of carbonyl (C=O) groups is 2. The van der Waals surface area contributed by atoms with E-state index >= 15 is 0 Å². The summed E-state index contributed by atoms with van der Waals surface area (Å²) in [6.07, 6.45) is 0. The van der Waals surface area contributed by atoms with E-state index in [1.807, 2.05) is 20.8 Å². The molecule has 0 aliphatic carbocycles. The number of anilines is 1. The first-order chi connectivity index (χ1) is 18.3. The second-order valence-electron chi connectivity index (χ2n) is 10.1. The average molecular weight is 572 g/mol. The van der Waals surface area contributed by atoms with Crippen LogP contribution in [0.5, 0.6) is 5.75 Å². The van der Waals surface area contributed by atoms with Crippen LogP contribution < -0.4 is 14.4 Å². The van der Waals surface area contributed by atoms with Gasteiger partial charge in [-0.1, -0.05) is 48.0 Å². The first kappa shape index (κ1) is 30.0. The summed E-state index contributed by atoms with van der Waals surface area (Å²) < 4.78 is 33.9. The molecule has 3 rings (SSSR count). The van der Waals surface area contributed by atoms with Crippen molar-refractivity contribution < 1.29 is 22.7 Å². The molecule has 0 saturated heterocycles. The summed E-state index contributed by atoms with van der Waals surface area (Å²) in [5, 5.41) is 3.38. The van der Waals surface area contributed by atoms with E-state index in [1.165, 1.54) is 24.1 Å². The van der Waals surface area contributed by atoms with Crippen LogP contribution in [0.2, 0.25) is 5.02 Å². The fourth-order valence-corrected chi connectivity index (χ4v) is 5.54. The van der Waals surface area contributed by atoms with Gasteiger partial charge in [-0.25, -0.2) is 8.42 Å². The lowest BCUT2D eigenvalue weighted by atomic mass is 10.1. The highest BCUT2D eigenvalue weighted by atomic mass is 35.5. The highest BCUT2D eigenvalue weighted by Crippen LogP contribution is 2.27. The maximum Gasteiger partial charge on any atom is 0.264 e. The largest absolute Gasteiger partial charge is 0.497 e. The molecule has 39 heavy (non-hydrogen) atoms. The smallest absolute Gasteiger partial charge is 0.264 e. The minimum absolute atomic E-state index is 0.0283. The maximum atomic E-state index is 13.9. The van der Waals surface area contributed by atoms with Crippen LogP contribution >= 0.6 is 11.6 Å². The van der Waals surface area contributed by atoms with Gasteiger partial charge in [0.25, 0.3) is 10.0 Å². The molecular weight excluding hydrogens is 538 g/mol. The van der Waals surface area contributed by atoms with E-state index in [9.17, 15) is 18.0 Å². The summed E-state index contributed by atoms with van der Waals surface area (Å²) in [6.45, 7) is 6.66. The number of benzene rings is 3. The third-order valence-electron chi connectivity index (χ3n) is 5.86. The van der Waals surface area contributed by atoms with E-state index in [-0.39, 0.29) is 23.0 Å². The van der Waals surface area contributed by atoms with Crippen molar-refractivity contribution in [2.75, 3.05) is 18.0 Å². The summed E-state index contributed by atoms with van der Waals surface area (Å²) in [5.41, 5.74) is 0.422. The standard InChI is InChI=1S/C29H34ClN3O5S/c1-21(28(35)31-29(2,3)4)32(19-22-11-9-12-23(30)17-22)27(34)20-33(24-13-10-14-25(18-24)38-5)39(36,37)26-15-7-6-8-16-26/h6-18,21H,19-20H2,1-5H3,(H,31,35). The Bertz CT molecular complexity index is 1410. The molecule has 0 aliphatic rings. The van der Waals surface area contributed by atoms with E-state index in [1.54, 1.807) is 73.7 Å². The van der Waals surface area contributed by atoms with Crippen molar-refractivity contribution in [1.82, 2.24) is 10.2 Å². The second-order valence-corrected chi connectivity index (χ2v) is 12.4. The van der Waals surface area contributed by atoms with Gasteiger partial charge in [-0.3, -0.25) is 13.9 Å². The summed E-state index contributed by atoms with van der Waals surface area (Å²) in [5.74, 6) is -0.493. The molecule has 1 unspecified atom stereocenters. The lowest BCUT2D eigenvalue weighted by Gasteiger charge is -2.33. The Labute approximate surface area is 235 Å². The Balaban J connectivity index is 2.05. The first-order valence-electron chi connectivity index (χ1n) is 12.4. The SMILES string of the molecule is COc1cccc(N(CC(=O)N(Cc2cccc(Cl)c2)C(C)C(=O)NC(C)(C)C)S(=O)(=O)c2ccccc2)c1. The molecule has 3 aromatic carbocycles. The molecule has 0 fully saturated rings. The molecule has 0 radical (unpaired) electrons. The van der Waals surface area contributed by atoms with E-state index in [0.29, 0.717) is 16.3 Å². The predicted molar refractivity (Wildman–Crippen MR) is 153 cm³/mol. The molecule has 0 bridgehead atoms. The molecule has 0 spiro atoms. The van der Waals surface area contributed by atoms with Crippen LogP contribution in [-0.4, -0.2) is 50.4 Å². The number of sulfonamides is 1. The van der Waals surface area contributed by atoms with Gasteiger partial charge in [0.1, 0.15) is 18.3 Å². The molecule has 1 atom stereocenters. The summed E-state index contributed by atoms with van der Waals surface area (Å²) in [7, 11) is -2.68. The van der Waals surface area contributed by atoms with E-state index in [2.05, 4.69) is 5.32 Å². The fraction of sp³-hybridized carbons (Fsp3) is 0.310. The number of ether oxygens (including phenoxy) is 1. The molecule has 0 aromatic heterocycles. The van der Waals surface area contributed by atoms with Gasteiger partial charge in [0, 0.05) is 23.2 Å². The molecule has 3 aromatic rings. The van der Waals surface area contributed by atoms with Gasteiger partial charge in [-0.05, 0) is 69.7 Å². The van der Waals surface area contributed by atoms with Gasteiger partial charge in [0.2, 0.25) is 11.8 Å². The monoisotopic (exact) mass is 571 g/mol. The predicted octanol–water partition coefficient (Wildman–Crippen LogP) is 4.88. The van der Waals surface area contributed by atoms with Crippen molar-refractivity contribution in [3.8, 4) is 5.75 Å². The number of nitrogens with one attached hydrogen (secondary N) is 1. The molecule has 0 heterocycles. The van der Waals surface area contributed by atoms with Crippen LogP contribution in [0.1, 0.15) is 33.3 Å². The molecule has 208 valence electrons. The van der Waals surface area contributed by atoms with Crippen molar-refractivity contribution in [3.05, 3.63) is 89.4 Å². The van der Waals surface area contributed by atoms with Gasteiger partial charge in [-0.2, -0.15) is 0 Å². The van der Waals surface area contributed by atoms with Gasteiger partial charge in [0.05, 0.1) is 17.7 Å². The number of hydrogen-bond donors (Lipinski definition) is 1. The molecule has 8 nitrogen and oxygen atoms in total. The molecular formula is C29H34ClN3O5S. The van der Waals surface area contributed by atoms with Crippen molar-refractivity contribution >= 4 is 39.1 Å². The van der Waals surface area contributed by atoms with Gasteiger partial charge in [0.15, 0.2) is 0 Å². The zero-order valence-electron chi connectivity index (χ0n) is 22.7. The van der Waals surface area contributed by atoms with E-state index in [0.717, 1.165) is 4.31 Å². The Kier molecular flexibility index (Phi) is 9.63. The molecule has 10 heteroatoms. The third kappa shape index (κ3) is 7.97. The number of hydrogen-bond acceptors (Lipinski definition) is 5. The minimum atomic E-state index is -4.15. The Morgan fingerprint density at radius 3 is 2.26 bits per heavy atom. The minimum Gasteiger partial charge on any atom is -0.497 e. The molecule has 0 aliphatic heterocycles. The molecule has 2 amide bonds. The van der Waals surface area contributed by atoms with Crippen LogP contribution in [0.15, 0.2) is 83.8 Å². The van der Waals surface area contributed by atoms with Crippen LogP contribution in [0.3, 0.4) is 0 Å². The number of methoxy groups -OCH3 is 1. The van der Waals surface area contributed by atoms with Crippen molar-refractivity contribution in [1.29, 1.82) is 0 Å². The number of nitrogens with zero attached hydrogens (tertiary/aromatic N) is 2. The fourth-order valence-electron chi connectivity index (χ4n) is 3.90. The Hall–Kier alpha value is -3.56. The van der Waals surface area contributed by atoms with Gasteiger partial charge >= 0.3 is 0 Å². The number of carbonyl (C=O) groups excluding carboxylic acids is 2. The summed E-state index contributed by atoms with van der Waals surface area (Å²) >= 11 is 6.18. The highest BCUT2D eigenvalue weighted by molar-refractivity contribution is 7.92. The van der Waals surface area contributed by atoms with Crippen LogP contribution in [0, 0.1) is 0 Å². The van der Waals surface area contributed by atoms with Gasteiger partial charge < -0.3 is 15.0 Å². The lowest BCUT2D eigenvalue weighted by Crippen LogP contribution is -2.54. The number of halogens is 1. The topological polar surface area (TPSA) is 96.0 Å². The normalized spacial score (nSPS) is 12.4. The first-order valence-corrected chi connectivity index (χ1v) is 14.2. The van der Waals surface area contributed by atoms with Crippen LogP contribution in [0.4, 0.5) is 5.69 Å².